The Morgan fingerprint density at radius 3 is 2.47 bits per heavy atom. The Bertz CT molecular complexity index is 898. The highest BCUT2D eigenvalue weighted by atomic mass is 16.5. The second-order valence-electron chi connectivity index (χ2n) is 8.14. The molecule has 0 radical (unpaired) electrons. The lowest BCUT2D eigenvalue weighted by Gasteiger charge is -2.40. The molecule has 0 aliphatic carbocycles. The number of hydrogen-bond acceptors (Lipinski definition) is 7. The smallest absolute Gasteiger partial charge is 0.168 e. The molecule has 3 aromatic rings. The van der Waals surface area contributed by atoms with Gasteiger partial charge in [0.2, 0.25) is 0 Å². The minimum atomic E-state index is 0.188. The summed E-state index contributed by atoms with van der Waals surface area (Å²) in [5.74, 6) is 3.20. The van der Waals surface area contributed by atoms with E-state index in [9.17, 15) is 0 Å². The van der Waals surface area contributed by atoms with Crippen LogP contribution in [0.2, 0.25) is 0 Å². The number of aromatic nitrogens is 4. The Hall–Kier alpha value is -2.87. The molecule has 8 nitrogen and oxygen atoms in total. The normalized spacial score (nSPS) is 16.2. The van der Waals surface area contributed by atoms with Gasteiger partial charge in [0.1, 0.15) is 18.1 Å². The van der Waals surface area contributed by atoms with Gasteiger partial charge in [-0.05, 0) is 59.2 Å². The first-order valence-electron chi connectivity index (χ1n) is 10.6. The molecular formula is C22H30N6O2. The number of furan rings is 1. The maximum Gasteiger partial charge on any atom is 0.168 e. The van der Waals surface area contributed by atoms with Crippen molar-refractivity contribution in [2.45, 2.75) is 32.9 Å². The summed E-state index contributed by atoms with van der Waals surface area (Å²) in [6.07, 6.45) is 2.70. The van der Waals surface area contributed by atoms with Crippen LogP contribution in [0.4, 0.5) is 5.69 Å². The van der Waals surface area contributed by atoms with Crippen molar-refractivity contribution in [3.63, 3.8) is 0 Å². The van der Waals surface area contributed by atoms with Gasteiger partial charge >= 0.3 is 0 Å². The van der Waals surface area contributed by atoms with E-state index in [0.29, 0.717) is 12.5 Å². The lowest BCUT2D eigenvalue weighted by molar-refractivity contribution is 0.153. The summed E-state index contributed by atoms with van der Waals surface area (Å²) in [5, 5.41) is 12.6. The maximum absolute atomic E-state index is 5.50. The molecule has 4 rings (SSSR count). The van der Waals surface area contributed by atoms with E-state index in [4.69, 9.17) is 9.15 Å². The van der Waals surface area contributed by atoms with Crippen LogP contribution in [0.5, 0.6) is 5.75 Å². The molecule has 1 fully saturated rings. The quantitative estimate of drug-likeness (QED) is 0.564. The van der Waals surface area contributed by atoms with Crippen LogP contribution in [-0.2, 0) is 6.54 Å². The molecular weight excluding hydrogens is 380 g/mol. The van der Waals surface area contributed by atoms with Crippen molar-refractivity contribution in [3.05, 3.63) is 54.2 Å². The highest BCUT2D eigenvalue weighted by Crippen LogP contribution is 2.29. The van der Waals surface area contributed by atoms with Gasteiger partial charge in [-0.2, -0.15) is 0 Å². The third-order valence-corrected chi connectivity index (χ3v) is 5.63. The molecule has 0 spiro atoms. The summed E-state index contributed by atoms with van der Waals surface area (Å²) in [4.78, 5) is 4.94. The van der Waals surface area contributed by atoms with Crippen molar-refractivity contribution in [1.29, 1.82) is 0 Å². The Labute approximate surface area is 177 Å². The van der Waals surface area contributed by atoms with Crippen molar-refractivity contribution in [2.75, 3.05) is 38.2 Å². The van der Waals surface area contributed by atoms with E-state index in [0.717, 1.165) is 49.9 Å². The van der Waals surface area contributed by atoms with Gasteiger partial charge < -0.3 is 14.1 Å². The maximum atomic E-state index is 5.50. The molecule has 1 atom stereocenters. The van der Waals surface area contributed by atoms with E-state index >= 15 is 0 Å². The molecule has 30 heavy (non-hydrogen) atoms. The van der Waals surface area contributed by atoms with E-state index < -0.39 is 0 Å². The molecule has 1 aliphatic rings. The van der Waals surface area contributed by atoms with Crippen molar-refractivity contribution in [2.24, 2.45) is 5.92 Å². The molecule has 8 heteroatoms. The van der Waals surface area contributed by atoms with Gasteiger partial charge in [-0.25, -0.2) is 4.68 Å². The second-order valence-corrected chi connectivity index (χ2v) is 8.14. The molecule has 0 N–H and O–H groups in total. The van der Waals surface area contributed by atoms with Crippen LogP contribution in [0.3, 0.4) is 0 Å². The van der Waals surface area contributed by atoms with Crippen LogP contribution >= 0.6 is 0 Å². The zero-order valence-corrected chi connectivity index (χ0v) is 17.9. The van der Waals surface area contributed by atoms with Crippen LogP contribution in [-0.4, -0.2) is 58.4 Å². The number of methoxy groups -OCH3 is 1. The number of ether oxygens (including phenoxy) is 1. The lowest BCUT2D eigenvalue weighted by Crippen LogP contribution is -2.48. The zero-order chi connectivity index (χ0) is 20.9. The predicted octanol–water partition coefficient (Wildman–Crippen LogP) is 3.23. The van der Waals surface area contributed by atoms with E-state index in [1.807, 2.05) is 28.9 Å². The molecule has 0 bridgehead atoms. The van der Waals surface area contributed by atoms with Crippen molar-refractivity contribution >= 4 is 5.69 Å². The Morgan fingerprint density at radius 2 is 1.83 bits per heavy atom. The third-order valence-electron chi connectivity index (χ3n) is 5.63. The fourth-order valence-electron chi connectivity index (χ4n) is 4.06. The number of benzene rings is 1. The van der Waals surface area contributed by atoms with Crippen LogP contribution in [0.15, 0.2) is 47.1 Å². The number of nitrogens with zero attached hydrogens (tertiary/aromatic N) is 6. The molecule has 2 aromatic heterocycles. The molecule has 0 amide bonds. The predicted molar refractivity (Wildman–Crippen MR) is 115 cm³/mol. The minimum absolute atomic E-state index is 0.188. The Balaban J connectivity index is 1.47. The fraction of sp³-hybridized carbons (Fsp3) is 0.500. The first-order valence-corrected chi connectivity index (χ1v) is 10.6. The zero-order valence-electron chi connectivity index (χ0n) is 17.9. The number of rotatable bonds is 8. The average molecular weight is 411 g/mol. The van der Waals surface area contributed by atoms with E-state index in [1.54, 1.807) is 13.4 Å². The number of hydrogen-bond donors (Lipinski definition) is 0. The summed E-state index contributed by atoms with van der Waals surface area (Å²) in [6.45, 7) is 8.94. The van der Waals surface area contributed by atoms with Gasteiger partial charge in [0.05, 0.1) is 19.4 Å². The SMILES string of the molecule is COc1ccc(N2CCN([C@@H](CC(C)C)c3nnnn3Cc3ccco3)CC2)cc1. The van der Waals surface area contributed by atoms with E-state index in [1.165, 1.54) is 5.69 Å². The summed E-state index contributed by atoms with van der Waals surface area (Å²) >= 11 is 0. The van der Waals surface area contributed by atoms with Crippen molar-refractivity contribution < 1.29 is 9.15 Å². The largest absolute Gasteiger partial charge is 0.497 e. The first kappa shape index (κ1) is 20.4. The van der Waals surface area contributed by atoms with Crippen LogP contribution < -0.4 is 9.64 Å². The van der Waals surface area contributed by atoms with Gasteiger partial charge in [0, 0.05) is 31.9 Å². The minimum Gasteiger partial charge on any atom is -0.497 e. The molecule has 0 unspecified atom stereocenters. The van der Waals surface area contributed by atoms with Crippen LogP contribution in [0, 0.1) is 5.92 Å². The summed E-state index contributed by atoms with van der Waals surface area (Å²) in [6, 6.07) is 12.3. The van der Waals surface area contributed by atoms with Crippen LogP contribution in [0.1, 0.15) is 37.9 Å². The van der Waals surface area contributed by atoms with Gasteiger partial charge in [0.25, 0.3) is 0 Å². The lowest BCUT2D eigenvalue weighted by atomic mass is 10.0. The molecule has 1 saturated heterocycles. The first-order chi connectivity index (χ1) is 14.6. The number of piperazine rings is 1. The molecule has 1 aromatic carbocycles. The molecule has 0 saturated carbocycles. The standard InChI is InChI=1S/C22H30N6O2/c1-17(2)15-21(22-23-24-25-28(22)16-20-5-4-14-30-20)27-12-10-26(11-13-27)18-6-8-19(29-3)9-7-18/h4-9,14,17,21H,10-13,15-16H2,1-3H3/t21-/m0/s1. The van der Waals surface area contributed by atoms with Gasteiger partial charge in [-0.15, -0.1) is 5.10 Å². The monoisotopic (exact) mass is 410 g/mol. The van der Waals surface area contributed by atoms with Gasteiger partial charge in [-0.1, -0.05) is 13.8 Å². The van der Waals surface area contributed by atoms with E-state index in [-0.39, 0.29) is 6.04 Å². The van der Waals surface area contributed by atoms with Gasteiger partial charge in [-0.3, -0.25) is 4.90 Å². The van der Waals surface area contributed by atoms with Crippen LogP contribution in [0.25, 0.3) is 0 Å². The summed E-state index contributed by atoms with van der Waals surface area (Å²) in [5.41, 5.74) is 1.23. The summed E-state index contributed by atoms with van der Waals surface area (Å²) in [7, 11) is 1.70. The Kier molecular flexibility index (Phi) is 6.32. The number of tetrazole rings is 1. The van der Waals surface area contributed by atoms with Crippen molar-refractivity contribution in [1.82, 2.24) is 25.1 Å². The van der Waals surface area contributed by atoms with E-state index in [2.05, 4.69) is 51.3 Å². The highest BCUT2D eigenvalue weighted by Gasteiger charge is 2.30. The fourth-order valence-corrected chi connectivity index (χ4v) is 4.06. The summed E-state index contributed by atoms with van der Waals surface area (Å²) < 4.78 is 12.7. The van der Waals surface area contributed by atoms with Gasteiger partial charge in [0.15, 0.2) is 5.82 Å². The van der Waals surface area contributed by atoms with Crippen molar-refractivity contribution in [3.8, 4) is 5.75 Å². The molecule has 3 heterocycles. The molecule has 160 valence electrons. The topological polar surface area (TPSA) is 72.5 Å². The average Bonchev–Trinajstić information content (AvgIpc) is 3.45. The molecule has 1 aliphatic heterocycles. The number of anilines is 1. The third kappa shape index (κ3) is 4.64. The highest BCUT2D eigenvalue weighted by molar-refractivity contribution is 5.49. The second kappa shape index (κ2) is 9.30. The Morgan fingerprint density at radius 1 is 1.07 bits per heavy atom.